The number of rotatable bonds is 6. The third-order valence-corrected chi connectivity index (χ3v) is 3.73. The van der Waals surface area contributed by atoms with E-state index in [4.69, 9.17) is 5.73 Å². The molecule has 0 spiro atoms. The minimum Gasteiger partial charge on any atom is -0.325 e. The zero-order chi connectivity index (χ0) is 18.4. The van der Waals surface area contributed by atoms with Gasteiger partial charge in [0.15, 0.2) is 0 Å². The maximum atomic E-state index is 12.5. The molecule has 0 heterocycles. The maximum Gasteiger partial charge on any atom is 0.248 e. The van der Waals surface area contributed by atoms with E-state index in [9.17, 15) is 9.59 Å². The molecule has 2 amide bonds. The van der Waals surface area contributed by atoms with Crippen molar-refractivity contribution in [3.05, 3.63) is 60.2 Å². The molecule has 0 aromatic heterocycles. The molecule has 1 atom stereocenters. The van der Waals surface area contributed by atoms with Gasteiger partial charge in [0.05, 0.1) is 6.54 Å². The molecule has 1 unspecified atom stereocenters. The molecule has 0 aliphatic carbocycles. The van der Waals surface area contributed by atoms with Crippen molar-refractivity contribution >= 4 is 23.2 Å². The summed E-state index contributed by atoms with van der Waals surface area (Å²) in [6.07, 6.45) is 0. The summed E-state index contributed by atoms with van der Waals surface area (Å²) in [4.78, 5) is 26.0. The van der Waals surface area contributed by atoms with Crippen LogP contribution in [0, 0.1) is 0 Å². The summed E-state index contributed by atoms with van der Waals surface area (Å²) in [5.41, 5.74) is 7.08. The fourth-order valence-electron chi connectivity index (χ4n) is 2.30. The minimum atomic E-state index is -1.14. The van der Waals surface area contributed by atoms with Crippen LogP contribution in [0.25, 0.3) is 0 Å². The smallest absolute Gasteiger partial charge is 0.248 e. The predicted molar refractivity (Wildman–Crippen MR) is 100 cm³/mol. The highest BCUT2D eigenvalue weighted by atomic mass is 16.2. The van der Waals surface area contributed by atoms with Crippen molar-refractivity contribution in [2.45, 2.75) is 12.5 Å². The van der Waals surface area contributed by atoms with Gasteiger partial charge in [-0.25, -0.2) is 0 Å². The summed E-state index contributed by atoms with van der Waals surface area (Å²) in [7, 11) is 3.66. The van der Waals surface area contributed by atoms with Crippen molar-refractivity contribution in [2.75, 3.05) is 31.3 Å². The van der Waals surface area contributed by atoms with Gasteiger partial charge in [-0.3, -0.25) is 9.59 Å². The summed E-state index contributed by atoms with van der Waals surface area (Å²) >= 11 is 0. The quantitative estimate of drug-likeness (QED) is 0.750. The van der Waals surface area contributed by atoms with Gasteiger partial charge in [0.1, 0.15) is 5.54 Å². The number of anilines is 2. The van der Waals surface area contributed by atoms with Crippen molar-refractivity contribution in [3.8, 4) is 0 Å². The molecule has 0 saturated carbocycles. The number of carbonyl (C=O) groups excluding carboxylic acids is 2. The fourth-order valence-corrected chi connectivity index (χ4v) is 2.30. The topological polar surface area (TPSA) is 87.5 Å². The summed E-state index contributed by atoms with van der Waals surface area (Å²) in [6, 6.07) is 16.1. The molecule has 2 rings (SSSR count). The van der Waals surface area contributed by atoms with E-state index in [1.165, 1.54) is 0 Å². The van der Waals surface area contributed by atoms with Crippen molar-refractivity contribution in [1.82, 2.24) is 4.90 Å². The second-order valence-corrected chi connectivity index (χ2v) is 6.39. The lowest BCUT2D eigenvalue weighted by atomic mass is 9.92. The van der Waals surface area contributed by atoms with Gasteiger partial charge in [-0.2, -0.15) is 0 Å². The monoisotopic (exact) mass is 340 g/mol. The number of hydrogen-bond donors (Lipinski definition) is 3. The van der Waals surface area contributed by atoms with Crippen LogP contribution >= 0.6 is 0 Å². The van der Waals surface area contributed by atoms with Gasteiger partial charge in [0.2, 0.25) is 11.8 Å². The van der Waals surface area contributed by atoms with E-state index >= 15 is 0 Å². The first-order chi connectivity index (χ1) is 11.8. The highest BCUT2D eigenvalue weighted by Gasteiger charge is 2.30. The van der Waals surface area contributed by atoms with Crippen LogP contribution in [0.15, 0.2) is 54.6 Å². The Bertz CT molecular complexity index is 725. The molecule has 6 heteroatoms. The Morgan fingerprint density at radius 3 is 2.00 bits per heavy atom. The average molecular weight is 340 g/mol. The van der Waals surface area contributed by atoms with E-state index in [-0.39, 0.29) is 11.8 Å². The summed E-state index contributed by atoms with van der Waals surface area (Å²) in [5, 5.41) is 5.60. The van der Waals surface area contributed by atoms with Crippen LogP contribution < -0.4 is 16.4 Å². The highest BCUT2D eigenvalue weighted by Crippen LogP contribution is 2.21. The first kappa shape index (κ1) is 18.6. The molecular formula is C19H24N4O2. The number of hydrogen-bond acceptors (Lipinski definition) is 4. The highest BCUT2D eigenvalue weighted by molar-refractivity contribution is 5.98. The Hall–Kier alpha value is -2.70. The van der Waals surface area contributed by atoms with Gasteiger partial charge in [0.25, 0.3) is 0 Å². The molecule has 2 aromatic carbocycles. The second-order valence-electron chi connectivity index (χ2n) is 6.39. The predicted octanol–water partition coefficient (Wildman–Crippen LogP) is 2.00. The average Bonchev–Trinajstić information content (AvgIpc) is 2.56. The van der Waals surface area contributed by atoms with Gasteiger partial charge in [-0.1, -0.05) is 30.3 Å². The molecule has 132 valence electrons. The number of likely N-dealkylation sites (N-methyl/N-ethyl adjacent to an activating group) is 1. The molecule has 0 radical (unpaired) electrons. The van der Waals surface area contributed by atoms with Crippen LogP contribution in [0.1, 0.15) is 12.5 Å². The third-order valence-electron chi connectivity index (χ3n) is 3.73. The molecule has 25 heavy (non-hydrogen) atoms. The molecule has 0 aliphatic heterocycles. The molecule has 2 aromatic rings. The van der Waals surface area contributed by atoms with Crippen molar-refractivity contribution in [2.24, 2.45) is 5.73 Å². The SMILES string of the molecule is CN(C)CC(=O)Nc1ccc(NC(=O)C(C)(N)c2ccccc2)cc1. The van der Waals surface area contributed by atoms with Crippen LogP contribution in [-0.4, -0.2) is 37.4 Å². The largest absolute Gasteiger partial charge is 0.325 e. The number of amides is 2. The molecule has 0 saturated heterocycles. The van der Waals surface area contributed by atoms with E-state index in [0.29, 0.717) is 17.9 Å². The summed E-state index contributed by atoms with van der Waals surface area (Å²) < 4.78 is 0. The number of nitrogens with zero attached hydrogens (tertiary/aromatic N) is 1. The normalized spacial score (nSPS) is 13.2. The van der Waals surface area contributed by atoms with E-state index < -0.39 is 5.54 Å². The van der Waals surface area contributed by atoms with Crippen LogP contribution in [0.3, 0.4) is 0 Å². The zero-order valence-corrected chi connectivity index (χ0v) is 14.7. The number of nitrogens with two attached hydrogens (primary N) is 1. The number of carbonyl (C=O) groups is 2. The number of benzene rings is 2. The number of nitrogens with one attached hydrogen (secondary N) is 2. The first-order valence-corrected chi connectivity index (χ1v) is 7.99. The van der Waals surface area contributed by atoms with Crippen LogP contribution in [0.2, 0.25) is 0 Å². The van der Waals surface area contributed by atoms with Crippen molar-refractivity contribution in [3.63, 3.8) is 0 Å². The minimum absolute atomic E-state index is 0.0969. The lowest BCUT2D eigenvalue weighted by Gasteiger charge is -2.24. The van der Waals surface area contributed by atoms with Gasteiger partial charge in [-0.15, -0.1) is 0 Å². The van der Waals surface area contributed by atoms with Crippen molar-refractivity contribution in [1.29, 1.82) is 0 Å². The molecule has 0 fully saturated rings. The lowest BCUT2D eigenvalue weighted by molar-refractivity contribution is -0.121. The van der Waals surface area contributed by atoms with Crippen LogP contribution in [0.5, 0.6) is 0 Å². The van der Waals surface area contributed by atoms with E-state index in [0.717, 1.165) is 5.56 Å². The standard InChI is InChI=1S/C19H24N4O2/c1-19(20,14-7-5-4-6-8-14)18(25)22-16-11-9-15(10-12-16)21-17(24)13-23(2)3/h4-12H,13,20H2,1-3H3,(H,21,24)(H,22,25). The first-order valence-electron chi connectivity index (χ1n) is 7.99. The molecule has 6 nitrogen and oxygen atoms in total. The lowest BCUT2D eigenvalue weighted by Crippen LogP contribution is -2.45. The Kier molecular flexibility index (Phi) is 5.90. The molecular weight excluding hydrogens is 316 g/mol. The molecule has 0 aliphatic rings. The van der Waals surface area contributed by atoms with E-state index in [1.807, 2.05) is 44.4 Å². The Morgan fingerprint density at radius 2 is 1.48 bits per heavy atom. The maximum absolute atomic E-state index is 12.5. The van der Waals surface area contributed by atoms with Crippen molar-refractivity contribution < 1.29 is 9.59 Å². The van der Waals surface area contributed by atoms with Crippen LogP contribution in [-0.2, 0) is 15.1 Å². The molecule has 4 N–H and O–H groups in total. The van der Waals surface area contributed by atoms with E-state index in [1.54, 1.807) is 36.1 Å². The Balaban J connectivity index is 2.01. The third kappa shape index (κ3) is 5.14. The Labute approximate surface area is 148 Å². The van der Waals surface area contributed by atoms with Crippen LogP contribution in [0.4, 0.5) is 11.4 Å². The Morgan fingerprint density at radius 1 is 0.960 bits per heavy atom. The summed E-state index contributed by atoms with van der Waals surface area (Å²) in [5.74, 6) is -0.400. The van der Waals surface area contributed by atoms with Gasteiger partial charge in [-0.05, 0) is 50.8 Å². The van der Waals surface area contributed by atoms with Gasteiger partial charge in [0, 0.05) is 11.4 Å². The zero-order valence-electron chi connectivity index (χ0n) is 14.7. The second kappa shape index (κ2) is 7.92. The summed E-state index contributed by atoms with van der Waals surface area (Å²) in [6.45, 7) is 1.98. The fraction of sp³-hybridized carbons (Fsp3) is 0.263. The van der Waals surface area contributed by atoms with Gasteiger partial charge < -0.3 is 21.3 Å². The van der Waals surface area contributed by atoms with E-state index in [2.05, 4.69) is 10.6 Å². The van der Waals surface area contributed by atoms with Gasteiger partial charge >= 0.3 is 0 Å². The molecule has 0 bridgehead atoms.